The summed E-state index contributed by atoms with van der Waals surface area (Å²) in [6.07, 6.45) is 4.00. The molecule has 1 heterocycles. The van der Waals surface area contributed by atoms with E-state index in [9.17, 15) is 0 Å². The minimum Gasteiger partial charge on any atom is -0.383 e. The van der Waals surface area contributed by atoms with E-state index in [1.54, 1.807) is 7.11 Å². The van der Waals surface area contributed by atoms with E-state index >= 15 is 0 Å². The van der Waals surface area contributed by atoms with Crippen LogP contribution in [0.2, 0.25) is 0 Å². The second-order valence-electron chi connectivity index (χ2n) is 4.60. The lowest BCUT2D eigenvalue weighted by Gasteiger charge is -2.17. The van der Waals surface area contributed by atoms with Crippen molar-refractivity contribution in [3.8, 4) is 0 Å². The van der Waals surface area contributed by atoms with E-state index < -0.39 is 0 Å². The van der Waals surface area contributed by atoms with Crippen LogP contribution in [0.5, 0.6) is 0 Å². The summed E-state index contributed by atoms with van der Waals surface area (Å²) >= 11 is 5.23. The smallest absolute Gasteiger partial charge is 0.166 e. The number of ether oxygens (including phenoxy) is 1. The maximum Gasteiger partial charge on any atom is 0.166 e. The van der Waals surface area contributed by atoms with Crippen molar-refractivity contribution in [1.82, 2.24) is 15.5 Å². The summed E-state index contributed by atoms with van der Waals surface area (Å²) in [5.41, 5.74) is 0. The van der Waals surface area contributed by atoms with Gasteiger partial charge in [0.15, 0.2) is 5.11 Å². The predicted molar refractivity (Wildman–Crippen MR) is 68.6 cm³/mol. The van der Waals surface area contributed by atoms with Crippen molar-refractivity contribution in [2.24, 2.45) is 0 Å². The SMILES string of the molecule is COCCNC(=S)NC1CCN(C2CC2)C1. The molecule has 2 aliphatic rings. The Balaban J connectivity index is 1.60. The molecule has 0 aromatic rings. The Bertz CT molecular complexity index is 245. The molecule has 16 heavy (non-hydrogen) atoms. The number of methoxy groups -OCH3 is 1. The second kappa shape index (κ2) is 5.80. The minimum atomic E-state index is 0.531. The van der Waals surface area contributed by atoms with E-state index in [2.05, 4.69) is 15.5 Å². The lowest BCUT2D eigenvalue weighted by atomic mass is 10.3. The molecular formula is C11H21N3OS. The molecule has 2 rings (SSSR count). The van der Waals surface area contributed by atoms with E-state index in [1.165, 1.54) is 25.8 Å². The first-order chi connectivity index (χ1) is 7.79. The molecular weight excluding hydrogens is 222 g/mol. The Morgan fingerprint density at radius 1 is 1.44 bits per heavy atom. The summed E-state index contributed by atoms with van der Waals surface area (Å²) in [7, 11) is 1.70. The normalized spacial score (nSPS) is 25.7. The fourth-order valence-electron chi connectivity index (χ4n) is 2.18. The number of hydrogen-bond acceptors (Lipinski definition) is 3. The van der Waals surface area contributed by atoms with Gasteiger partial charge in [0, 0.05) is 38.8 Å². The molecule has 0 radical (unpaired) electrons. The van der Waals surface area contributed by atoms with Gasteiger partial charge in [-0.1, -0.05) is 0 Å². The van der Waals surface area contributed by atoms with Crippen LogP contribution in [0.15, 0.2) is 0 Å². The number of nitrogens with zero attached hydrogens (tertiary/aromatic N) is 1. The van der Waals surface area contributed by atoms with E-state index in [0.29, 0.717) is 12.6 Å². The molecule has 1 saturated carbocycles. The maximum absolute atomic E-state index is 5.23. The van der Waals surface area contributed by atoms with Crippen LogP contribution >= 0.6 is 12.2 Å². The zero-order chi connectivity index (χ0) is 11.4. The first-order valence-corrected chi connectivity index (χ1v) is 6.48. The largest absolute Gasteiger partial charge is 0.383 e. The Labute approximate surface area is 103 Å². The monoisotopic (exact) mass is 243 g/mol. The number of likely N-dealkylation sites (tertiary alicyclic amines) is 1. The molecule has 1 aliphatic heterocycles. The molecule has 1 atom stereocenters. The Morgan fingerprint density at radius 3 is 2.94 bits per heavy atom. The highest BCUT2D eigenvalue weighted by Gasteiger charge is 2.34. The van der Waals surface area contributed by atoms with Gasteiger partial charge in [-0.2, -0.15) is 0 Å². The number of rotatable bonds is 5. The quantitative estimate of drug-likeness (QED) is 0.538. The van der Waals surface area contributed by atoms with Crippen molar-refractivity contribution in [2.75, 3.05) is 33.4 Å². The van der Waals surface area contributed by atoms with Gasteiger partial charge in [-0.3, -0.25) is 4.90 Å². The third-order valence-corrected chi connectivity index (χ3v) is 3.47. The van der Waals surface area contributed by atoms with Crippen molar-refractivity contribution >= 4 is 17.3 Å². The number of hydrogen-bond donors (Lipinski definition) is 2. The third kappa shape index (κ3) is 3.57. The second-order valence-corrected chi connectivity index (χ2v) is 5.01. The predicted octanol–water partition coefficient (Wildman–Crippen LogP) is 0.334. The lowest BCUT2D eigenvalue weighted by molar-refractivity contribution is 0.204. The fraction of sp³-hybridized carbons (Fsp3) is 0.909. The average Bonchev–Trinajstić information content (AvgIpc) is 3.01. The molecule has 0 spiro atoms. The van der Waals surface area contributed by atoms with Gasteiger partial charge in [-0.15, -0.1) is 0 Å². The average molecular weight is 243 g/mol. The molecule has 0 bridgehead atoms. The summed E-state index contributed by atoms with van der Waals surface area (Å²) in [4.78, 5) is 2.58. The van der Waals surface area contributed by atoms with Gasteiger partial charge in [-0.25, -0.2) is 0 Å². The Hall–Kier alpha value is -0.390. The molecule has 2 fully saturated rings. The maximum atomic E-state index is 5.23. The molecule has 2 N–H and O–H groups in total. The zero-order valence-corrected chi connectivity index (χ0v) is 10.7. The Kier molecular flexibility index (Phi) is 4.37. The van der Waals surface area contributed by atoms with Gasteiger partial charge < -0.3 is 15.4 Å². The molecule has 1 saturated heterocycles. The Morgan fingerprint density at radius 2 is 2.25 bits per heavy atom. The minimum absolute atomic E-state index is 0.531. The topological polar surface area (TPSA) is 36.5 Å². The van der Waals surface area contributed by atoms with Crippen molar-refractivity contribution in [3.05, 3.63) is 0 Å². The van der Waals surface area contributed by atoms with Crippen LogP contribution in [0.1, 0.15) is 19.3 Å². The van der Waals surface area contributed by atoms with Crippen LogP contribution < -0.4 is 10.6 Å². The highest BCUT2D eigenvalue weighted by atomic mass is 32.1. The van der Waals surface area contributed by atoms with Crippen LogP contribution in [-0.4, -0.2) is 55.4 Å². The number of nitrogens with one attached hydrogen (secondary N) is 2. The van der Waals surface area contributed by atoms with Gasteiger partial charge >= 0.3 is 0 Å². The van der Waals surface area contributed by atoms with Crippen LogP contribution in [0.3, 0.4) is 0 Å². The zero-order valence-electron chi connectivity index (χ0n) is 9.87. The molecule has 5 heteroatoms. The van der Waals surface area contributed by atoms with Crippen molar-refractivity contribution < 1.29 is 4.74 Å². The van der Waals surface area contributed by atoms with Crippen molar-refractivity contribution in [3.63, 3.8) is 0 Å². The van der Waals surface area contributed by atoms with Crippen LogP contribution in [0.4, 0.5) is 0 Å². The van der Waals surface area contributed by atoms with Crippen molar-refractivity contribution in [1.29, 1.82) is 0 Å². The standard InChI is InChI=1S/C11H21N3OS/c1-15-7-5-12-11(16)13-9-4-6-14(8-9)10-2-3-10/h9-10H,2-8H2,1H3,(H2,12,13,16). The molecule has 0 aromatic carbocycles. The summed E-state index contributed by atoms with van der Waals surface area (Å²) in [5.74, 6) is 0. The highest BCUT2D eigenvalue weighted by molar-refractivity contribution is 7.80. The highest BCUT2D eigenvalue weighted by Crippen LogP contribution is 2.29. The molecule has 1 aliphatic carbocycles. The van der Waals surface area contributed by atoms with Gasteiger partial charge in [-0.05, 0) is 31.5 Å². The molecule has 0 amide bonds. The summed E-state index contributed by atoms with van der Waals surface area (Å²) in [5, 5.41) is 7.28. The molecule has 1 unspecified atom stereocenters. The first-order valence-electron chi connectivity index (χ1n) is 6.07. The van der Waals surface area contributed by atoms with Gasteiger partial charge in [0.05, 0.1) is 6.61 Å². The van der Waals surface area contributed by atoms with Crippen LogP contribution in [-0.2, 0) is 4.74 Å². The van der Waals surface area contributed by atoms with Crippen LogP contribution in [0.25, 0.3) is 0 Å². The fourth-order valence-corrected chi connectivity index (χ4v) is 2.45. The van der Waals surface area contributed by atoms with Gasteiger partial charge in [0.1, 0.15) is 0 Å². The van der Waals surface area contributed by atoms with E-state index in [0.717, 1.165) is 24.2 Å². The summed E-state index contributed by atoms with van der Waals surface area (Å²) in [6, 6.07) is 1.41. The molecule has 0 aromatic heterocycles. The third-order valence-electron chi connectivity index (χ3n) is 3.21. The summed E-state index contributed by atoms with van der Waals surface area (Å²) < 4.78 is 4.96. The van der Waals surface area contributed by atoms with Crippen molar-refractivity contribution in [2.45, 2.75) is 31.3 Å². The lowest BCUT2D eigenvalue weighted by Crippen LogP contribution is -2.44. The molecule has 4 nitrogen and oxygen atoms in total. The van der Waals surface area contributed by atoms with E-state index in [4.69, 9.17) is 17.0 Å². The first kappa shape index (κ1) is 12.1. The van der Waals surface area contributed by atoms with Crippen LogP contribution in [0, 0.1) is 0 Å². The van der Waals surface area contributed by atoms with E-state index in [1.807, 2.05) is 0 Å². The molecule has 92 valence electrons. The van der Waals surface area contributed by atoms with Gasteiger partial charge in [0.2, 0.25) is 0 Å². The van der Waals surface area contributed by atoms with Gasteiger partial charge in [0.25, 0.3) is 0 Å². The number of thiocarbonyl (C=S) groups is 1. The van der Waals surface area contributed by atoms with E-state index in [-0.39, 0.29) is 0 Å². The summed E-state index contributed by atoms with van der Waals surface area (Å²) in [6.45, 7) is 3.85.